The molecule has 1 aliphatic carbocycles. The van der Waals surface area contributed by atoms with Crippen molar-refractivity contribution in [1.82, 2.24) is 4.90 Å². The van der Waals surface area contributed by atoms with Gasteiger partial charge in [-0.3, -0.25) is 4.79 Å². The molecule has 3 aliphatic rings. The lowest BCUT2D eigenvalue weighted by Crippen LogP contribution is -2.43. The van der Waals surface area contributed by atoms with E-state index >= 15 is 0 Å². The predicted molar refractivity (Wildman–Crippen MR) is 86.6 cm³/mol. The molecule has 6 nitrogen and oxygen atoms in total. The molecular formula is C17H21N3O3. The van der Waals surface area contributed by atoms with Crippen LogP contribution in [0.2, 0.25) is 0 Å². The second-order valence-electron chi connectivity index (χ2n) is 6.53. The van der Waals surface area contributed by atoms with E-state index in [1.165, 1.54) is 0 Å². The molecule has 0 unspecified atom stereocenters. The third-order valence-corrected chi connectivity index (χ3v) is 5.22. The van der Waals surface area contributed by atoms with Crippen molar-refractivity contribution < 1.29 is 14.3 Å². The summed E-state index contributed by atoms with van der Waals surface area (Å²) in [5, 5.41) is 5.95. The van der Waals surface area contributed by atoms with Gasteiger partial charge in [-0.15, -0.1) is 0 Å². The lowest BCUT2D eigenvalue weighted by atomic mass is 9.80. The summed E-state index contributed by atoms with van der Waals surface area (Å²) in [5.74, 6) is 0.113. The fourth-order valence-electron chi connectivity index (χ4n) is 3.94. The van der Waals surface area contributed by atoms with E-state index in [2.05, 4.69) is 10.6 Å². The van der Waals surface area contributed by atoms with E-state index in [0.717, 1.165) is 42.6 Å². The van der Waals surface area contributed by atoms with Crippen LogP contribution in [-0.4, -0.2) is 43.1 Å². The summed E-state index contributed by atoms with van der Waals surface area (Å²) < 4.78 is 5.27. The van der Waals surface area contributed by atoms with Gasteiger partial charge in [0, 0.05) is 24.5 Å². The van der Waals surface area contributed by atoms with Gasteiger partial charge in [-0.25, -0.2) is 4.79 Å². The molecular weight excluding hydrogens is 294 g/mol. The number of ether oxygens (including phenoxy) is 1. The Labute approximate surface area is 135 Å². The van der Waals surface area contributed by atoms with Crippen molar-refractivity contribution in [2.45, 2.75) is 31.1 Å². The molecule has 4 rings (SSSR count). The fourth-order valence-corrected chi connectivity index (χ4v) is 3.94. The third-order valence-electron chi connectivity index (χ3n) is 5.22. The second kappa shape index (κ2) is 5.53. The Bertz CT molecular complexity index is 646. The molecule has 1 saturated heterocycles. The smallest absolute Gasteiger partial charge is 0.321 e. The number of nitrogens with one attached hydrogen (secondary N) is 2. The predicted octanol–water partition coefficient (Wildman–Crippen LogP) is 2.31. The Morgan fingerprint density at radius 2 is 1.96 bits per heavy atom. The Morgan fingerprint density at radius 3 is 2.70 bits per heavy atom. The van der Waals surface area contributed by atoms with Crippen LogP contribution in [0.3, 0.4) is 0 Å². The van der Waals surface area contributed by atoms with Gasteiger partial charge >= 0.3 is 6.03 Å². The standard InChI is InChI=1S/C17H21N3O3/c21-15-17(5-1-2-6-17)13-11-12(3-4-14(13)19-15)18-16(22)20-7-9-23-10-8-20/h3-4,11H,1-2,5-10H2,(H,18,22)(H,19,21). The number of rotatable bonds is 1. The monoisotopic (exact) mass is 315 g/mol. The van der Waals surface area contributed by atoms with Crippen LogP contribution in [-0.2, 0) is 14.9 Å². The summed E-state index contributed by atoms with van der Waals surface area (Å²) in [6.45, 7) is 2.39. The van der Waals surface area contributed by atoms with Crippen molar-refractivity contribution >= 4 is 23.3 Å². The summed E-state index contributed by atoms with van der Waals surface area (Å²) in [6.07, 6.45) is 3.95. The zero-order chi connectivity index (χ0) is 15.9. The number of fused-ring (bicyclic) bond motifs is 2. The topological polar surface area (TPSA) is 70.7 Å². The van der Waals surface area contributed by atoms with Gasteiger partial charge in [-0.05, 0) is 36.6 Å². The highest BCUT2D eigenvalue weighted by molar-refractivity contribution is 6.07. The highest BCUT2D eigenvalue weighted by atomic mass is 16.5. The van der Waals surface area contributed by atoms with E-state index < -0.39 is 0 Å². The highest BCUT2D eigenvalue weighted by Gasteiger charge is 2.48. The molecule has 0 aromatic heterocycles. The first kappa shape index (κ1) is 14.5. The maximum absolute atomic E-state index is 12.4. The molecule has 2 heterocycles. The normalized spacial score (nSPS) is 22.1. The number of anilines is 2. The summed E-state index contributed by atoms with van der Waals surface area (Å²) in [5.41, 5.74) is 2.30. The molecule has 1 saturated carbocycles. The van der Waals surface area contributed by atoms with Crippen LogP contribution in [0.4, 0.5) is 16.2 Å². The van der Waals surface area contributed by atoms with Gasteiger partial charge in [0.25, 0.3) is 0 Å². The van der Waals surface area contributed by atoms with Crippen LogP contribution in [0.1, 0.15) is 31.2 Å². The number of hydrogen-bond donors (Lipinski definition) is 2. The summed E-state index contributed by atoms with van der Waals surface area (Å²) in [6, 6.07) is 5.61. The van der Waals surface area contributed by atoms with E-state index in [1.807, 2.05) is 18.2 Å². The Hall–Kier alpha value is -2.08. The average Bonchev–Trinajstić information content (AvgIpc) is 3.17. The van der Waals surface area contributed by atoms with Crippen molar-refractivity contribution in [1.29, 1.82) is 0 Å². The number of morpholine rings is 1. The first-order valence-electron chi connectivity index (χ1n) is 8.29. The number of benzene rings is 1. The van der Waals surface area contributed by atoms with Gasteiger partial charge in [0.05, 0.1) is 18.6 Å². The molecule has 1 aromatic rings. The van der Waals surface area contributed by atoms with Gasteiger partial charge in [0.1, 0.15) is 0 Å². The van der Waals surface area contributed by atoms with Crippen LogP contribution in [0, 0.1) is 0 Å². The van der Waals surface area contributed by atoms with Gasteiger partial charge in [0.15, 0.2) is 0 Å². The SMILES string of the molecule is O=C(Nc1ccc2c(c1)C1(CCCC1)C(=O)N2)N1CCOCC1. The quantitative estimate of drug-likeness (QED) is 0.835. The number of carbonyl (C=O) groups excluding carboxylic acids is 2. The number of amides is 3. The van der Waals surface area contributed by atoms with E-state index in [-0.39, 0.29) is 17.4 Å². The van der Waals surface area contributed by atoms with Gasteiger partial charge in [-0.1, -0.05) is 12.8 Å². The molecule has 6 heteroatoms. The van der Waals surface area contributed by atoms with Crippen LogP contribution < -0.4 is 10.6 Å². The molecule has 2 aliphatic heterocycles. The summed E-state index contributed by atoms with van der Waals surface area (Å²) in [4.78, 5) is 26.5. The fraction of sp³-hybridized carbons (Fsp3) is 0.529. The number of hydrogen-bond acceptors (Lipinski definition) is 3. The molecule has 0 atom stereocenters. The van der Waals surface area contributed by atoms with Crippen molar-refractivity contribution in [2.75, 3.05) is 36.9 Å². The number of urea groups is 1. The van der Waals surface area contributed by atoms with Crippen LogP contribution in [0.25, 0.3) is 0 Å². The maximum atomic E-state index is 12.4. The van der Waals surface area contributed by atoms with Crippen LogP contribution in [0.5, 0.6) is 0 Å². The summed E-state index contributed by atoms with van der Waals surface area (Å²) >= 11 is 0. The molecule has 0 radical (unpaired) electrons. The van der Waals surface area contributed by atoms with Gasteiger partial charge in [0.2, 0.25) is 5.91 Å². The Balaban J connectivity index is 1.57. The number of carbonyl (C=O) groups is 2. The van der Waals surface area contributed by atoms with Gasteiger partial charge < -0.3 is 20.3 Å². The minimum absolute atomic E-state index is 0.106. The maximum Gasteiger partial charge on any atom is 0.321 e. The third kappa shape index (κ3) is 2.37. The Morgan fingerprint density at radius 1 is 1.22 bits per heavy atom. The minimum Gasteiger partial charge on any atom is -0.378 e. The van der Waals surface area contributed by atoms with Crippen molar-refractivity contribution in [3.05, 3.63) is 23.8 Å². The summed E-state index contributed by atoms with van der Waals surface area (Å²) in [7, 11) is 0. The number of nitrogens with zero attached hydrogens (tertiary/aromatic N) is 1. The van der Waals surface area contributed by atoms with E-state index in [1.54, 1.807) is 4.90 Å². The second-order valence-corrected chi connectivity index (χ2v) is 6.53. The molecule has 2 N–H and O–H groups in total. The molecule has 1 aromatic carbocycles. The van der Waals surface area contributed by atoms with Crippen molar-refractivity contribution in [3.63, 3.8) is 0 Å². The first-order chi connectivity index (χ1) is 11.2. The average molecular weight is 315 g/mol. The van der Waals surface area contributed by atoms with Crippen molar-refractivity contribution in [3.8, 4) is 0 Å². The molecule has 1 spiro atoms. The minimum atomic E-state index is -0.380. The van der Waals surface area contributed by atoms with E-state index in [0.29, 0.717) is 26.3 Å². The van der Waals surface area contributed by atoms with Crippen molar-refractivity contribution in [2.24, 2.45) is 0 Å². The van der Waals surface area contributed by atoms with E-state index in [4.69, 9.17) is 4.74 Å². The lowest BCUT2D eigenvalue weighted by molar-refractivity contribution is -0.120. The van der Waals surface area contributed by atoms with Crippen LogP contribution >= 0.6 is 0 Å². The molecule has 0 bridgehead atoms. The zero-order valence-corrected chi connectivity index (χ0v) is 13.1. The molecule has 3 amide bonds. The van der Waals surface area contributed by atoms with Crippen LogP contribution in [0.15, 0.2) is 18.2 Å². The Kier molecular flexibility index (Phi) is 3.49. The molecule has 23 heavy (non-hydrogen) atoms. The highest BCUT2D eigenvalue weighted by Crippen LogP contribution is 2.49. The molecule has 122 valence electrons. The van der Waals surface area contributed by atoms with E-state index in [9.17, 15) is 9.59 Å². The van der Waals surface area contributed by atoms with Gasteiger partial charge in [-0.2, -0.15) is 0 Å². The molecule has 2 fully saturated rings. The zero-order valence-electron chi connectivity index (χ0n) is 13.1. The lowest BCUT2D eigenvalue weighted by Gasteiger charge is -2.27. The largest absolute Gasteiger partial charge is 0.378 e. The first-order valence-corrected chi connectivity index (χ1v) is 8.29.